The summed E-state index contributed by atoms with van der Waals surface area (Å²) in [6.07, 6.45) is 0. The number of rotatable bonds is 6. The molecule has 5 heteroatoms. The van der Waals surface area contributed by atoms with E-state index in [9.17, 15) is 0 Å². The van der Waals surface area contributed by atoms with Gasteiger partial charge in [0.1, 0.15) is 17.9 Å². The topological polar surface area (TPSA) is 35.3 Å². The molecule has 0 saturated carbocycles. The van der Waals surface area contributed by atoms with Crippen molar-refractivity contribution in [1.82, 2.24) is 4.98 Å². The van der Waals surface area contributed by atoms with Gasteiger partial charge in [0.25, 0.3) is 0 Å². The van der Waals surface area contributed by atoms with E-state index in [-0.39, 0.29) is 0 Å². The van der Waals surface area contributed by atoms with E-state index in [1.165, 1.54) is 0 Å². The number of benzene rings is 3. The first-order valence-corrected chi connectivity index (χ1v) is 11.0. The normalized spacial score (nSPS) is 11.1. The molecule has 30 heavy (non-hydrogen) atoms. The molecule has 5 rings (SSSR count). The summed E-state index contributed by atoms with van der Waals surface area (Å²) in [5.74, 6) is 2.03. The number of fused-ring (bicyclic) bond motifs is 1. The number of hydrogen-bond donors (Lipinski definition) is 0. The van der Waals surface area contributed by atoms with Crippen LogP contribution in [-0.4, -0.2) is 4.98 Å². The molecule has 3 nitrogen and oxygen atoms in total. The summed E-state index contributed by atoms with van der Waals surface area (Å²) in [5.41, 5.74) is 5.05. The molecule has 0 bridgehead atoms. The number of halogens is 1. The lowest BCUT2D eigenvalue weighted by Gasteiger charge is -2.09. The second kappa shape index (κ2) is 8.34. The summed E-state index contributed by atoms with van der Waals surface area (Å²) >= 11 is 7.60. The predicted octanol–water partition coefficient (Wildman–Crippen LogP) is 7.54. The molecule has 0 fully saturated rings. The largest absolute Gasteiger partial charge is 0.489 e. The Morgan fingerprint density at radius 1 is 0.900 bits per heavy atom. The van der Waals surface area contributed by atoms with Crippen LogP contribution in [0.25, 0.3) is 33.0 Å². The van der Waals surface area contributed by atoms with Gasteiger partial charge in [-0.25, -0.2) is 4.98 Å². The average molecular weight is 432 g/mol. The second-order valence-corrected chi connectivity index (χ2v) is 8.03. The predicted molar refractivity (Wildman–Crippen MR) is 123 cm³/mol. The molecule has 2 aromatic heterocycles. The summed E-state index contributed by atoms with van der Waals surface area (Å²) in [4.78, 5) is 4.74. The minimum Gasteiger partial charge on any atom is -0.489 e. The first kappa shape index (κ1) is 18.9. The maximum atomic E-state index is 6.03. The number of furan rings is 1. The molecule has 2 heterocycles. The Kier molecular flexibility index (Phi) is 5.26. The molecule has 5 aromatic rings. The Balaban J connectivity index is 1.37. The zero-order chi connectivity index (χ0) is 20.3. The van der Waals surface area contributed by atoms with E-state index in [1.54, 1.807) is 11.3 Å². The fourth-order valence-electron chi connectivity index (χ4n) is 3.33. The van der Waals surface area contributed by atoms with E-state index in [0.29, 0.717) is 12.5 Å². The molecule has 148 valence electrons. The summed E-state index contributed by atoms with van der Waals surface area (Å²) in [6.45, 7) is 0.478. The molecule has 0 saturated heterocycles. The van der Waals surface area contributed by atoms with Crippen molar-refractivity contribution in [3.8, 4) is 27.8 Å². The Hall–Kier alpha value is -3.08. The highest BCUT2D eigenvalue weighted by molar-refractivity contribution is 7.13. The van der Waals surface area contributed by atoms with E-state index in [0.717, 1.165) is 49.9 Å². The Morgan fingerprint density at radius 2 is 1.70 bits per heavy atom. The smallest absolute Gasteiger partial charge is 0.164 e. The molecule has 0 aliphatic heterocycles. The number of thiazole rings is 1. The van der Waals surface area contributed by atoms with Crippen molar-refractivity contribution in [2.24, 2.45) is 0 Å². The first-order valence-electron chi connectivity index (χ1n) is 9.60. The summed E-state index contributed by atoms with van der Waals surface area (Å²) < 4.78 is 12.0. The highest BCUT2D eigenvalue weighted by Gasteiger charge is 2.12. The van der Waals surface area contributed by atoms with Crippen molar-refractivity contribution in [3.05, 3.63) is 95.4 Å². The van der Waals surface area contributed by atoms with Crippen LogP contribution in [0.1, 0.15) is 11.1 Å². The minimum atomic E-state index is 0.475. The molecule has 0 N–H and O–H groups in total. The standard InChI is InChI=1S/C25H18ClNO2S/c26-14-18-8-4-5-9-19(18)15-28-21-10-11-23-20(12-21)13-24(29-23)25-27-22(16-30-25)17-6-2-1-3-7-17/h1-13,16H,14-15H2. The van der Waals surface area contributed by atoms with Gasteiger partial charge in [-0.15, -0.1) is 22.9 Å². The van der Waals surface area contributed by atoms with Gasteiger partial charge in [0.05, 0.1) is 5.69 Å². The Bertz CT molecular complexity index is 1290. The van der Waals surface area contributed by atoms with Gasteiger partial charge in [-0.1, -0.05) is 54.6 Å². The van der Waals surface area contributed by atoms with Crippen LogP contribution in [0.2, 0.25) is 0 Å². The highest BCUT2D eigenvalue weighted by Crippen LogP contribution is 2.34. The summed E-state index contributed by atoms with van der Waals surface area (Å²) in [5, 5.41) is 3.91. The third kappa shape index (κ3) is 3.84. The fourth-order valence-corrected chi connectivity index (χ4v) is 4.38. The van der Waals surface area contributed by atoms with Crippen molar-refractivity contribution in [2.75, 3.05) is 0 Å². The molecular weight excluding hydrogens is 414 g/mol. The molecule has 0 atom stereocenters. The third-order valence-corrected chi connectivity index (χ3v) is 6.07. The van der Waals surface area contributed by atoms with Crippen LogP contribution in [0, 0.1) is 0 Å². The number of aromatic nitrogens is 1. The van der Waals surface area contributed by atoms with Gasteiger partial charge in [0.15, 0.2) is 10.8 Å². The van der Waals surface area contributed by atoms with Crippen LogP contribution in [-0.2, 0) is 12.5 Å². The van der Waals surface area contributed by atoms with Gasteiger partial charge >= 0.3 is 0 Å². The van der Waals surface area contributed by atoms with E-state index in [4.69, 9.17) is 25.7 Å². The number of hydrogen-bond acceptors (Lipinski definition) is 4. The first-order chi connectivity index (χ1) is 14.8. The second-order valence-electron chi connectivity index (χ2n) is 6.91. The minimum absolute atomic E-state index is 0.475. The molecule has 0 spiro atoms. The molecule has 3 aromatic carbocycles. The lowest BCUT2D eigenvalue weighted by Crippen LogP contribution is -1.98. The van der Waals surface area contributed by atoms with Crippen molar-refractivity contribution in [2.45, 2.75) is 12.5 Å². The average Bonchev–Trinajstić information content (AvgIpc) is 3.45. The maximum Gasteiger partial charge on any atom is 0.164 e. The number of alkyl halides is 1. The fraction of sp³-hybridized carbons (Fsp3) is 0.0800. The molecule has 0 amide bonds. The van der Waals surface area contributed by atoms with Crippen LogP contribution in [0.5, 0.6) is 5.75 Å². The van der Waals surface area contributed by atoms with Crippen LogP contribution in [0.15, 0.2) is 88.7 Å². The summed E-state index contributed by atoms with van der Waals surface area (Å²) in [6, 6.07) is 26.1. The van der Waals surface area contributed by atoms with E-state index < -0.39 is 0 Å². The monoisotopic (exact) mass is 431 g/mol. The van der Waals surface area contributed by atoms with E-state index in [2.05, 4.69) is 17.5 Å². The van der Waals surface area contributed by atoms with Crippen LogP contribution in [0.3, 0.4) is 0 Å². The maximum absolute atomic E-state index is 6.03. The van der Waals surface area contributed by atoms with Gasteiger partial charge < -0.3 is 9.15 Å². The van der Waals surface area contributed by atoms with Gasteiger partial charge in [0.2, 0.25) is 0 Å². The zero-order valence-corrected chi connectivity index (χ0v) is 17.6. The van der Waals surface area contributed by atoms with Crippen molar-refractivity contribution in [3.63, 3.8) is 0 Å². The summed E-state index contributed by atoms with van der Waals surface area (Å²) in [7, 11) is 0. The third-order valence-electron chi connectivity index (χ3n) is 4.93. The van der Waals surface area contributed by atoms with Gasteiger partial charge in [-0.05, 0) is 35.4 Å². The lowest BCUT2D eigenvalue weighted by atomic mass is 10.1. The van der Waals surface area contributed by atoms with Gasteiger partial charge in [-0.3, -0.25) is 0 Å². The molecule has 0 aliphatic carbocycles. The van der Waals surface area contributed by atoms with Crippen LogP contribution in [0.4, 0.5) is 0 Å². The van der Waals surface area contributed by atoms with Gasteiger partial charge in [-0.2, -0.15) is 0 Å². The van der Waals surface area contributed by atoms with Crippen molar-refractivity contribution < 1.29 is 9.15 Å². The van der Waals surface area contributed by atoms with Crippen LogP contribution < -0.4 is 4.74 Å². The van der Waals surface area contributed by atoms with Crippen LogP contribution >= 0.6 is 22.9 Å². The van der Waals surface area contributed by atoms with E-state index in [1.807, 2.05) is 66.7 Å². The SMILES string of the molecule is ClCc1ccccc1COc1ccc2oc(-c3nc(-c4ccccc4)cs3)cc2c1. The number of nitrogens with zero attached hydrogens (tertiary/aromatic N) is 1. The van der Waals surface area contributed by atoms with Gasteiger partial charge in [0, 0.05) is 22.2 Å². The zero-order valence-electron chi connectivity index (χ0n) is 16.0. The molecule has 0 aliphatic rings. The highest BCUT2D eigenvalue weighted by atomic mass is 35.5. The Labute approximate surface area is 183 Å². The Morgan fingerprint density at radius 3 is 2.53 bits per heavy atom. The molecule has 0 unspecified atom stereocenters. The lowest BCUT2D eigenvalue weighted by molar-refractivity contribution is 0.305. The van der Waals surface area contributed by atoms with Crippen molar-refractivity contribution in [1.29, 1.82) is 0 Å². The quantitative estimate of drug-likeness (QED) is 0.260. The number of ether oxygens (including phenoxy) is 1. The molecule has 0 radical (unpaired) electrons. The molecular formula is C25H18ClNO2S. The van der Waals surface area contributed by atoms with E-state index >= 15 is 0 Å². The van der Waals surface area contributed by atoms with Crippen molar-refractivity contribution >= 4 is 33.9 Å².